The maximum atomic E-state index is 12.1. The summed E-state index contributed by atoms with van der Waals surface area (Å²) in [7, 11) is 0. The molecule has 6 heteroatoms. The molecule has 0 aliphatic heterocycles. The van der Waals surface area contributed by atoms with Crippen LogP contribution in [0.3, 0.4) is 0 Å². The van der Waals surface area contributed by atoms with Crippen LogP contribution in [0.4, 0.5) is 5.69 Å². The van der Waals surface area contributed by atoms with E-state index in [4.69, 9.17) is 9.47 Å². The Morgan fingerprint density at radius 1 is 1.17 bits per heavy atom. The summed E-state index contributed by atoms with van der Waals surface area (Å²) in [5, 5.41) is 2.67. The highest BCUT2D eigenvalue weighted by molar-refractivity contribution is 9.10. The first-order chi connectivity index (χ1) is 11.5. The van der Waals surface area contributed by atoms with Gasteiger partial charge in [-0.15, -0.1) is 0 Å². The smallest absolute Gasteiger partial charge is 0.340 e. The fourth-order valence-corrected chi connectivity index (χ4v) is 2.64. The number of anilines is 1. The summed E-state index contributed by atoms with van der Waals surface area (Å²) in [6.07, 6.45) is 0. The van der Waals surface area contributed by atoms with E-state index >= 15 is 0 Å². The molecule has 0 aliphatic rings. The first-order valence-corrected chi connectivity index (χ1v) is 8.25. The molecule has 0 atom stereocenters. The number of rotatable bonds is 6. The first-order valence-electron chi connectivity index (χ1n) is 7.46. The molecule has 1 amide bonds. The van der Waals surface area contributed by atoms with Crippen LogP contribution in [0.25, 0.3) is 0 Å². The molecule has 0 saturated heterocycles. The Labute approximate surface area is 149 Å². The van der Waals surface area contributed by atoms with E-state index < -0.39 is 5.97 Å². The number of esters is 1. The quantitative estimate of drug-likeness (QED) is 0.757. The van der Waals surface area contributed by atoms with Crippen molar-refractivity contribution in [2.45, 2.75) is 13.8 Å². The van der Waals surface area contributed by atoms with Gasteiger partial charge in [0.2, 0.25) is 0 Å². The second kappa shape index (κ2) is 8.49. The number of amides is 1. The normalized spacial score (nSPS) is 10.1. The van der Waals surface area contributed by atoms with Crippen LogP contribution in [-0.2, 0) is 9.53 Å². The summed E-state index contributed by atoms with van der Waals surface area (Å²) in [5.74, 6) is -0.260. The minimum atomic E-state index is -0.476. The molecule has 0 spiro atoms. The molecule has 2 aromatic carbocycles. The molecule has 2 rings (SSSR count). The summed E-state index contributed by atoms with van der Waals surface area (Å²) < 4.78 is 11.3. The van der Waals surface area contributed by atoms with E-state index in [9.17, 15) is 9.59 Å². The van der Waals surface area contributed by atoms with Crippen LogP contribution in [0, 0.1) is 6.92 Å². The Hall–Kier alpha value is -2.34. The largest absolute Gasteiger partial charge is 0.483 e. The third kappa shape index (κ3) is 4.83. The van der Waals surface area contributed by atoms with Gasteiger partial charge in [0.15, 0.2) is 6.61 Å². The van der Waals surface area contributed by atoms with Crippen molar-refractivity contribution in [3.05, 3.63) is 58.1 Å². The summed E-state index contributed by atoms with van der Waals surface area (Å²) >= 11 is 3.39. The molecule has 5 nitrogen and oxygen atoms in total. The minimum absolute atomic E-state index is 0.168. The molecule has 2 aromatic rings. The number of carbonyl (C=O) groups excluding carboxylic acids is 2. The van der Waals surface area contributed by atoms with Gasteiger partial charge in [0, 0.05) is 0 Å². The fourth-order valence-electron chi connectivity index (χ4n) is 2.03. The zero-order valence-electron chi connectivity index (χ0n) is 13.5. The lowest BCUT2D eigenvalue weighted by Crippen LogP contribution is -2.22. The topological polar surface area (TPSA) is 64.6 Å². The summed E-state index contributed by atoms with van der Waals surface area (Å²) in [6, 6.07) is 12.3. The van der Waals surface area contributed by atoms with Gasteiger partial charge in [0.1, 0.15) is 5.75 Å². The molecule has 0 radical (unpaired) electrons. The molecule has 0 bridgehead atoms. The third-order valence-electron chi connectivity index (χ3n) is 3.14. The molecule has 126 valence electrons. The number of nitrogens with one attached hydrogen (secondary N) is 1. The number of benzene rings is 2. The van der Waals surface area contributed by atoms with Gasteiger partial charge in [-0.2, -0.15) is 0 Å². The number of aryl methyl sites for hydroxylation is 1. The average Bonchev–Trinajstić information content (AvgIpc) is 2.54. The van der Waals surface area contributed by atoms with Crippen molar-refractivity contribution in [3.8, 4) is 5.75 Å². The van der Waals surface area contributed by atoms with Crippen molar-refractivity contribution in [3.63, 3.8) is 0 Å². The Morgan fingerprint density at radius 2 is 1.92 bits per heavy atom. The Kier molecular flexibility index (Phi) is 6.37. The van der Waals surface area contributed by atoms with Gasteiger partial charge in [-0.05, 0) is 59.6 Å². The lowest BCUT2D eigenvalue weighted by molar-refractivity contribution is -0.118. The molecule has 0 unspecified atom stereocenters. The zero-order chi connectivity index (χ0) is 17.5. The number of para-hydroxylation sites is 1. The van der Waals surface area contributed by atoms with Crippen molar-refractivity contribution in [2.75, 3.05) is 18.5 Å². The molecule has 0 heterocycles. The number of hydrogen-bond acceptors (Lipinski definition) is 4. The highest BCUT2D eigenvalue weighted by Crippen LogP contribution is 2.25. The molecular weight excluding hydrogens is 374 g/mol. The average molecular weight is 392 g/mol. The van der Waals surface area contributed by atoms with E-state index in [2.05, 4.69) is 21.2 Å². The predicted molar refractivity (Wildman–Crippen MR) is 95.4 cm³/mol. The van der Waals surface area contributed by atoms with Crippen molar-refractivity contribution >= 4 is 33.5 Å². The van der Waals surface area contributed by atoms with E-state index in [1.165, 1.54) is 0 Å². The lowest BCUT2D eigenvalue weighted by Gasteiger charge is -2.12. The van der Waals surface area contributed by atoms with Crippen LogP contribution < -0.4 is 10.1 Å². The van der Waals surface area contributed by atoms with Gasteiger partial charge in [0.05, 0.1) is 22.3 Å². The highest BCUT2D eigenvalue weighted by atomic mass is 79.9. The van der Waals surface area contributed by atoms with Crippen LogP contribution in [0.5, 0.6) is 5.75 Å². The Bertz CT molecular complexity index is 746. The van der Waals surface area contributed by atoms with Crippen LogP contribution >= 0.6 is 15.9 Å². The summed E-state index contributed by atoms with van der Waals surface area (Å²) in [6.45, 7) is 3.80. The summed E-state index contributed by atoms with van der Waals surface area (Å²) in [5.41, 5.74) is 1.79. The van der Waals surface area contributed by atoms with Crippen LogP contribution in [-0.4, -0.2) is 25.1 Å². The van der Waals surface area contributed by atoms with Gasteiger partial charge >= 0.3 is 5.97 Å². The lowest BCUT2D eigenvalue weighted by atomic mass is 10.2. The number of carbonyl (C=O) groups is 2. The SMILES string of the molecule is CCOC(=O)c1ccccc1NC(=O)COc1ccc(C)cc1Br. The van der Waals surface area contributed by atoms with E-state index in [1.54, 1.807) is 37.3 Å². The Balaban J connectivity index is 2.01. The molecule has 0 fully saturated rings. The second-order valence-corrected chi connectivity index (χ2v) is 5.89. The van der Waals surface area contributed by atoms with E-state index in [0.717, 1.165) is 10.0 Å². The fraction of sp³-hybridized carbons (Fsp3) is 0.222. The predicted octanol–water partition coefficient (Wildman–Crippen LogP) is 3.95. The molecular formula is C18H18BrNO4. The standard InChI is InChI=1S/C18H18BrNO4/c1-3-23-18(22)13-6-4-5-7-15(13)20-17(21)11-24-16-9-8-12(2)10-14(16)19/h4-10H,3,11H2,1-2H3,(H,20,21). The van der Waals surface area contributed by atoms with Crippen LogP contribution in [0.1, 0.15) is 22.8 Å². The Morgan fingerprint density at radius 3 is 2.62 bits per heavy atom. The van der Waals surface area contributed by atoms with Crippen LogP contribution in [0.2, 0.25) is 0 Å². The van der Waals surface area contributed by atoms with E-state index in [-0.39, 0.29) is 19.1 Å². The third-order valence-corrected chi connectivity index (χ3v) is 3.76. The van der Waals surface area contributed by atoms with Crippen molar-refractivity contribution in [1.29, 1.82) is 0 Å². The molecule has 1 N–H and O–H groups in total. The van der Waals surface area contributed by atoms with Gasteiger partial charge in [-0.1, -0.05) is 18.2 Å². The molecule has 0 saturated carbocycles. The maximum Gasteiger partial charge on any atom is 0.340 e. The number of halogens is 1. The zero-order valence-corrected chi connectivity index (χ0v) is 15.1. The molecule has 0 aliphatic carbocycles. The maximum absolute atomic E-state index is 12.1. The number of hydrogen-bond donors (Lipinski definition) is 1. The first kappa shape index (κ1) is 18.0. The van der Waals surface area contributed by atoms with Crippen molar-refractivity contribution in [2.24, 2.45) is 0 Å². The summed E-state index contributed by atoms with van der Waals surface area (Å²) in [4.78, 5) is 24.0. The molecule has 0 aromatic heterocycles. The van der Waals surface area contributed by atoms with Crippen molar-refractivity contribution in [1.82, 2.24) is 0 Å². The van der Waals surface area contributed by atoms with Gasteiger partial charge in [-0.25, -0.2) is 4.79 Å². The van der Waals surface area contributed by atoms with Crippen molar-refractivity contribution < 1.29 is 19.1 Å². The monoisotopic (exact) mass is 391 g/mol. The van der Waals surface area contributed by atoms with Crippen LogP contribution in [0.15, 0.2) is 46.9 Å². The van der Waals surface area contributed by atoms with Gasteiger partial charge < -0.3 is 14.8 Å². The van der Waals surface area contributed by atoms with Gasteiger partial charge in [-0.3, -0.25) is 4.79 Å². The number of ether oxygens (including phenoxy) is 2. The second-order valence-electron chi connectivity index (χ2n) is 5.04. The van der Waals surface area contributed by atoms with E-state index in [0.29, 0.717) is 17.0 Å². The van der Waals surface area contributed by atoms with Gasteiger partial charge in [0.25, 0.3) is 5.91 Å². The molecule has 24 heavy (non-hydrogen) atoms. The minimum Gasteiger partial charge on any atom is -0.483 e. The highest BCUT2D eigenvalue weighted by Gasteiger charge is 2.14. The van der Waals surface area contributed by atoms with E-state index in [1.807, 2.05) is 19.1 Å².